The molecule has 0 nitrogen and oxygen atoms in total. The summed E-state index contributed by atoms with van der Waals surface area (Å²) in [5.74, 6) is 0. The van der Waals surface area contributed by atoms with Gasteiger partial charge in [0.15, 0.2) is 0 Å². The summed E-state index contributed by atoms with van der Waals surface area (Å²) in [6, 6.07) is 9.30. The van der Waals surface area contributed by atoms with Crippen molar-refractivity contribution in [2.45, 2.75) is 78.6 Å². The van der Waals surface area contributed by atoms with Gasteiger partial charge in [0.05, 0.1) is 0 Å². The van der Waals surface area contributed by atoms with E-state index in [2.05, 4.69) is 51.6 Å². The lowest BCUT2D eigenvalue weighted by Gasteiger charge is -2.16. The van der Waals surface area contributed by atoms with Crippen molar-refractivity contribution in [3.8, 4) is 0 Å². The zero-order chi connectivity index (χ0) is 17.4. The maximum atomic E-state index is 4.06. The number of unbranched alkanes of at least 4 members (excludes halogenated alkanes) is 5. The van der Waals surface area contributed by atoms with Crippen molar-refractivity contribution in [3.05, 3.63) is 53.1 Å². The molecule has 0 unspecified atom stereocenters. The molecule has 0 amide bonds. The van der Waals surface area contributed by atoms with Crippen LogP contribution in [-0.4, -0.2) is 0 Å². The Labute approximate surface area is 149 Å². The molecule has 0 spiro atoms. The zero-order valence-corrected chi connectivity index (χ0v) is 16.0. The summed E-state index contributed by atoms with van der Waals surface area (Å²) in [7, 11) is 0. The van der Waals surface area contributed by atoms with Gasteiger partial charge >= 0.3 is 0 Å². The molecular weight excluding hydrogens is 288 g/mol. The van der Waals surface area contributed by atoms with E-state index in [1.54, 1.807) is 0 Å². The molecule has 0 saturated carbocycles. The molecule has 0 N–H and O–H groups in total. The second-order valence-electron chi connectivity index (χ2n) is 6.88. The van der Waals surface area contributed by atoms with Crippen LogP contribution in [0, 0.1) is 0 Å². The summed E-state index contributed by atoms with van der Waals surface area (Å²) < 4.78 is 0. The standard InChI is InChI=1S/C24H34/c1-5-9-10-11-12-13-14-22-18-17-20(7-3)23-19(6-2)15-16-21(8-4)24(22)23/h8,15-18H,4-7,9-14H2,1-3H3. The first-order chi connectivity index (χ1) is 11.8. The first-order valence-electron chi connectivity index (χ1n) is 9.95. The summed E-state index contributed by atoms with van der Waals surface area (Å²) in [6.07, 6.45) is 13.6. The minimum Gasteiger partial charge on any atom is -0.0984 e. The van der Waals surface area contributed by atoms with Crippen molar-refractivity contribution in [2.75, 3.05) is 0 Å². The van der Waals surface area contributed by atoms with Gasteiger partial charge in [0.25, 0.3) is 0 Å². The van der Waals surface area contributed by atoms with E-state index in [0.717, 1.165) is 12.8 Å². The molecule has 0 heterocycles. The molecule has 0 aliphatic rings. The monoisotopic (exact) mass is 322 g/mol. The summed E-state index contributed by atoms with van der Waals surface area (Å²) in [5, 5.41) is 2.97. The van der Waals surface area contributed by atoms with Gasteiger partial charge in [-0.3, -0.25) is 0 Å². The predicted octanol–water partition coefficient (Wildman–Crippen LogP) is 7.51. The third kappa shape index (κ3) is 4.29. The highest BCUT2D eigenvalue weighted by Gasteiger charge is 2.11. The lowest BCUT2D eigenvalue weighted by Crippen LogP contribution is -1.97. The fraction of sp³-hybridized carbons (Fsp3) is 0.500. The Morgan fingerprint density at radius 3 is 1.92 bits per heavy atom. The van der Waals surface area contributed by atoms with Crippen LogP contribution in [0.4, 0.5) is 0 Å². The third-order valence-corrected chi connectivity index (χ3v) is 5.23. The number of rotatable bonds is 10. The minimum absolute atomic E-state index is 1.10. The average Bonchev–Trinajstić information content (AvgIpc) is 2.63. The van der Waals surface area contributed by atoms with E-state index >= 15 is 0 Å². The zero-order valence-electron chi connectivity index (χ0n) is 16.0. The quantitative estimate of drug-likeness (QED) is 0.397. The van der Waals surface area contributed by atoms with Crippen LogP contribution in [0.2, 0.25) is 0 Å². The predicted molar refractivity (Wildman–Crippen MR) is 110 cm³/mol. The van der Waals surface area contributed by atoms with Crippen molar-refractivity contribution in [1.29, 1.82) is 0 Å². The first kappa shape index (κ1) is 18.8. The molecule has 0 aliphatic carbocycles. The van der Waals surface area contributed by atoms with Crippen LogP contribution in [0.25, 0.3) is 16.8 Å². The molecule has 0 atom stereocenters. The highest BCUT2D eigenvalue weighted by Crippen LogP contribution is 2.32. The molecule has 0 bridgehead atoms. The number of aryl methyl sites for hydroxylation is 3. The van der Waals surface area contributed by atoms with E-state index in [1.165, 1.54) is 78.0 Å². The van der Waals surface area contributed by atoms with Gasteiger partial charge in [-0.1, -0.05) is 89.8 Å². The van der Waals surface area contributed by atoms with Crippen LogP contribution in [0.15, 0.2) is 30.8 Å². The van der Waals surface area contributed by atoms with Crippen molar-refractivity contribution in [2.24, 2.45) is 0 Å². The Morgan fingerprint density at radius 1 is 0.708 bits per heavy atom. The van der Waals surface area contributed by atoms with Crippen molar-refractivity contribution in [1.82, 2.24) is 0 Å². The molecule has 2 rings (SSSR count). The fourth-order valence-corrected chi connectivity index (χ4v) is 3.81. The lowest BCUT2D eigenvalue weighted by molar-refractivity contribution is 0.608. The molecule has 0 aromatic heterocycles. The first-order valence-corrected chi connectivity index (χ1v) is 9.95. The average molecular weight is 323 g/mol. The number of fused-ring (bicyclic) bond motifs is 1. The van der Waals surface area contributed by atoms with Gasteiger partial charge in [0, 0.05) is 0 Å². The van der Waals surface area contributed by atoms with E-state index in [9.17, 15) is 0 Å². The maximum absolute atomic E-state index is 4.06. The van der Waals surface area contributed by atoms with Gasteiger partial charge in [-0.2, -0.15) is 0 Å². The molecule has 0 fully saturated rings. The number of hydrogen-bond acceptors (Lipinski definition) is 0. The topological polar surface area (TPSA) is 0 Å². The largest absolute Gasteiger partial charge is 0.0984 e. The highest BCUT2D eigenvalue weighted by atomic mass is 14.2. The molecule has 2 aromatic carbocycles. The second kappa shape index (κ2) is 9.67. The van der Waals surface area contributed by atoms with Crippen LogP contribution >= 0.6 is 0 Å². The van der Waals surface area contributed by atoms with E-state index in [4.69, 9.17) is 0 Å². The van der Waals surface area contributed by atoms with Gasteiger partial charge in [-0.05, 0) is 58.7 Å². The number of hydrogen-bond donors (Lipinski definition) is 0. The van der Waals surface area contributed by atoms with Gasteiger partial charge < -0.3 is 0 Å². The molecule has 0 aliphatic heterocycles. The summed E-state index contributed by atoms with van der Waals surface area (Å²) in [6.45, 7) is 10.9. The normalized spacial score (nSPS) is 11.1. The maximum Gasteiger partial charge on any atom is -0.00740 e. The molecule has 0 saturated heterocycles. The van der Waals surface area contributed by atoms with Gasteiger partial charge in [-0.25, -0.2) is 0 Å². The van der Waals surface area contributed by atoms with Crippen LogP contribution in [-0.2, 0) is 19.3 Å². The van der Waals surface area contributed by atoms with Crippen molar-refractivity contribution in [3.63, 3.8) is 0 Å². The smallest absolute Gasteiger partial charge is 0.00740 e. The summed E-state index contributed by atoms with van der Waals surface area (Å²) in [4.78, 5) is 0. The van der Waals surface area contributed by atoms with Gasteiger partial charge in [-0.15, -0.1) is 0 Å². The molecule has 2 aromatic rings. The Morgan fingerprint density at radius 2 is 1.29 bits per heavy atom. The summed E-state index contributed by atoms with van der Waals surface area (Å²) in [5.41, 5.74) is 5.79. The SMILES string of the molecule is C=Cc1ccc(CC)c2c(CC)ccc(CCCCCCCC)c12. The Hall–Kier alpha value is -1.56. The van der Waals surface area contributed by atoms with E-state index in [-0.39, 0.29) is 0 Å². The van der Waals surface area contributed by atoms with E-state index < -0.39 is 0 Å². The van der Waals surface area contributed by atoms with Gasteiger partial charge in [0.2, 0.25) is 0 Å². The fourth-order valence-electron chi connectivity index (χ4n) is 3.81. The lowest BCUT2D eigenvalue weighted by atomic mass is 9.88. The molecule has 24 heavy (non-hydrogen) atoms. The molecule has 130 valence electrons. The Kier molecular flexibility index (Phi) is 7.56. The van der Waals surface area contributed by atoms with Gasteiger partial charge in [0.1, 0.15) is 0 Å². The Bertz CT molecular complexity index is 653. The van der Waals surface area contributed by atoms with Crippen LogP contribution in [0.5, 0.6) is 0 Å². The van der Waals surface area contributed by atoms with Crippen LogP contribution in [0.1, 0.15) is 81.5 Å². The second-order valence-corrected chi connectivity index (χ2v) is 6.88. The summed E-state index contributed by atoms with van der Waals surface area (Å²) >= 11 is 0. The molecule has 0 radical (unpaired) electrons. The van der Waals surface area contributed by atoms with E-state index in [0.29, 0.717) is 0 Å². The number of benzene rings is 2. The van der Waals surface area contributed by atoms with Crippen LogP contribution in [0.3, 0.4) is 0 Å². The third-order valence-electron chi connectivity index (χ3n) is 5.23. The Balaban J connectivity index is 2.31. The molecular formula is C24H34. The molecule has 0 heteroatoms. The van der Waals surface area contributed by atoms with E-state index in [1.807, 2.05) is 6.08 Å². The minimum atomic E-state index is 1.10. The van der Waals surface area contributed by atoms with Crippen LogP contribution < -0.4 is 0 Å². The van der Waals surface area contributed by atoms with Crippen molar-refractivity contribution < 1.29 is 0 Å². The highest BCUT2D eigenvalue weighted by molar-refractivity contribution is 5.97. The van der Waals surface area contributed by atoms with Crippen molar-refractivity contribution >= 4 is 16.8 Å².